The molecule has 1 heterocycles. The van der Waals surface area contributed by atoms with Gasteiger partial charge in [-0.2, -0.15) is 0 Å². The maximum Gasteiger partial charge on any atom is 0.329 e. The minimum Gasteiger partial charge on any atom is -0.480 e. The topological polar surface area (TPSA) is 69.6 Å². The number of carboxylic acid groups (broad SMARTS) is 1. The summed E-state index contributed by atoms with van der Waals surface area (Å²) in [6, 6.07) is -0.400. The second-order valence-corrected chi connectivity index (χ2v) is 4.05. The summed E-state index contributed by atoms with van der Waals surface area (Å²) in [6.07, 6.45) is 7.16. The van der Waals surface area contributed by atoms with Gasteiger partial charge in [-0.1, -0.05) is 5.92 Å². The number of aliphatic carboxylic acids is 1. The number of urea groups is 1. The van der Waals surface area contributed by atoms with Crippen LogP contribution in [0, 0.1) is 12.3 Å². The summed E-state index contributed by atoms with van der Waals surface area (Å²) >= 11 is 0. The number of nitrogens with zero attached hydrogens (tertiary/aromatic N) is 1. The highest BCUT2D eigenvalue weighted by Crippen LogP contribution is 2.28. The molecule has 0 aromatic carbocycles. The van der Waals surface area contributed by atoms with Crippen molar-refractivity contribution in [3.8, 4) is 12.3 Å². The van der Waals surface area contributed by atoms with Gasteiger partial charge in [-0.15, -0.1) is 6.42 Å². The van der Waals surface area contributed by atoms with Crippen LogP contribution in [0.2, 0.25) is 0 Å². The van der Waals surface area contributed by atoms with Crippen molar-refractivity contribution in [1.82, 2.24) is 10.2 Å². The van der Waals surface area contributed by atoms with Gasteiger partial charge >= 0.3 is 12.0 Å². The second kappa shape index (κ2) is 4.88. The van der Waals surface area contributed by atoms with Gasteiger partial charge in [0.05, 0.1) is 6.54 Å². The number of hydrogen-bond donors (Lipinski definition) is 2. The van der Waals surface area contributed by atoms with Gasteiger partial charge in [0, 0.05) is 6.54 Å². The summed E-state index contributed by atoms with van der Waals surface area (Å²) in [5.41, 5.74) is -1.11. The van der Waals surface area contributed by atoms with Crippen molar-refractivity contribution < 1.29 is 14.7 Å². The Morgan fingerprint density at radius 1 is 1.56 bits per heavy atom. The summed E-state index contributed by atoms with van der Waals surface area (Å²) in [5.74, 6) is 1.32. The average Bonchev–Trinajstić information content (AvgIpc) is 2.26. The van der Waals surface area contributed by atoms with Crippen molar-refractivity contribution in [3.63, 3.8) is 0 Å². The number of carbonyl (C=O) groups is 2. The van der Waals surface area contributed by atoms with Crippen molar-refractivity contribution in [3.05, 3.63) is 0 Å². The molecule has 1 saturated heterocycles. The molecule has 0 aliphatic carbocycles. The molecule has 1 aliphatic rings. The highest BCUT2D eigenvalue weighted by atomic mass is 16.4. The highest BCUT2D eigenvalue weighted by Gasteiger charge is 2.43. The van der Waals surface area contributed by atoms with Gasteiger partial charge in [0.1, 0.15) is 5.54 Å². The van der Waals surface area contributed by atoms with Gasteiger partial charge in [-0.25, -0.2) is 9.59 Å². The number of piperidine rings is 1. The molecule has 5 heteroatoms. The summed E-state index contributed by atoms with van der Waals surface area (Å²) in [4.78, 5) is 24.3. The first-order valence-corrected chi connectivity index (χ1v) is 5.24. The van der Waals surface area contributed by atoms with Crippen molar-refractivity contribution in [2.24, 2.45) is 0 Å². The predicted octanol–water partition coefficient (Wildman–Crippen LogP) is 0.658. The number of likely N-dealkylation sites (tertiary alicyclic amines) is 1. The summed E-state index contributed by atoms with van der Waals surface area (Å²) < 4.78 is 0. The maximum absolute atomic E-state index is 11.7. The van der Waals surface area contributed by atoms with E-state index in [-0.39, 0.29) is 6.54 Å². The summed E-state index contributed by atoms with van der Waals surface area (Å²) in [7, 11) is 0. The molecule has 16 heavy (non-hydrogen) atoms. The Hall–Kier alpha value is -1.70. The minimum atomic E-state index is -1.11. The van der Waals surface area contributed by atoms with Gasteiger partial charge in [0.2, 0.25) is 0 Å². The second-order valence-electron chi connectivity index (χ2n) is 4.05. The van der Waals surface area contributed by atoms with Crippen LogP contribution >= 0.6 is 0 Å². The standard InChI is InChI=1S/C11H16N2O3/c1-3-7-12-10(16)13-8-5-4-6-11(13,2)9(14)15/h1H,4-8H2,2H3,(H,12,16)(H,14,15). The van der Waals surface area contributed by atoms with Crippen LogP contribution in [0.4, 0.5) is 4.79 Å². The van der Waals surface area contributed by atoms with E-state index in [1.165, 1.54) is 4.90 Å². The number of carbonyl (C=O) groups excluding carboxylic acids is 1. The van der Waals surface area contributed by atoms with Crippen LogP contribution in [0.15, 0.2) is 0 Å². The molecular formula is C11H16N2O3. The number of rotatable bonds is 2. The van der Waals surface area contributed by atoms with Crippen molar-refractivity contribution in [2.75, 3.05) is 13.1 Å². The zero-order valence-corrected chi connectivity index (χ0v) is 9.32. The molecule has 0 saturated carbocycles. The third kappa shape index (κ3) is 2.27. The molecule has 5 nitrogen and oxygen atoms in total. The lowest BCUT2D eigenvalue weighted by molar-refractivity contribution is -0.150. The molecule has 0 aromatic rings. The molecule has 1 unspecified atom stereocenters. The Bertz CT molecular complexity index is 335. The van der Waals surface area contributed by atoms with Crippen molar-refractivity contribution in [1.29, 1.82) is 0 Å². The zero-order valence-electron chi connectivity index (χ0n) is 9.32. The van der Waals surface area contributed by atoms with Gasteiger partial charge in [-0.3, -0.25) is 0 Å². The lowest BCUT2D eigenvalue weighted by atomic mass is 9.89. The Morgan fingerprint density at radius 3 is 2.81 bits per heavy atom. The van der Waals surface area contributed by atoms with E-state index >= 15 is 0 Å². The first kappa shape index (κ1) is 12.4. The van der Waals surface area contributed by atoms with Crippen LogP contribution in [0.25, 0.3) is 0 Å². The van der Waals surface area contributed by atoms with Crippen LogP contribution in [0.3, 0.4) is 0 Å². The van der Waals surface area contributed by atoms with Gasteiger partial charge in [0.15, 0.2) is 0 Å². The zero-order chi connectivity index (χ0) is 12.2. The Labute approximate surface area is 94.8 Å². The van der Waals surface area contributed by atoms with E-state index in [0.717, 1.165) is 12.8 Å². The minimum absolute atomic E-state index is 0.116. The van der Waals surface area contributed by atoms with Crippen LogP contribution in [0.1, 0.15) is 26.2 Å². The number of terminal acetylenes is 1. The van der Waals surface area contributed by atoms with E-state index in [1.807, 2.05) is 0 Å². The fraction of sp³-hybridized carbons (Fsp3) is 0.636. The molecule has 0 spiro atoms. The predicted molar refractivity (Wildman–Crippen MR) is 58.8 cm³/mol. The quantitative estimate of drug-likeness (QED) is 0.677. The number of nitrogens with one attached hydrogen (secondary N) is 1. The molecule has 0 radical (unpaired) electrons. The molecule has 88 valence electrons. The third-order valence-electron chi connectivity index (χ3n) is 2.94. The van der Waals surface area contributed by atoms with Crippen LogP contribution in [-0.4, -0.2) is 40.6 Å². The smallest absolute Gasteiger partial charge is 0.329 e. The summed E-state index contributed by atoms with van der Waals surface area (Å²) in [6.45, 7) is 2.15. The molecule has 0 aromatic heterocycles. The third-order valence-corrected chi connectivity index (χ3v) is 2.94. The lowest BCUT2D eigenvalue weighted by Gasteiger charge is -2.41. The largest absolute Gasteiger partial charge is 0.480 e. The summed E-state index contributed by atoms with van der Waals surface area (Å²) in [5, 5.41) is 11.7. The molecule has 2 amide bonds. The normalized spacial score (nSPS) is 24.6. The van der Waals surface area contributed by atoms with E-state index in [4.69, 9.17) is 6.42 Å². The number of carboxylic acids is 1. The van der Waals surface area contributed by atoms with Gasteiger partial charge < -0.3 is 15.3 Å². The Kier molecular flexibility index (Phi) is 3.78. The highest BCUT2D eigenvalue weighted by molar-refractivity contribution is 5.86. The molecular weight excluding hydrogens is 208 g/mol. The number of hydrogen-bond acceptors (Lipinski definition) is 2. The van der Waals surface area contributed by atoms with Crippen molar-refractivity contribution >= 4 is 12.0 Å². The van der Waals surface area contributed by atoms with E-state index in [9.17, 15) is 14.7 Å². The first-order valence-electron chi connectivity index (χ1n) is 5.24. The Morgan fingerprint density at radius 2 is 2.25 bits per heavy atom. The van der Waals surface area contributed by atoms with E-state index in [1.54, 1.807) is 6.92 Å². The average molecular weight is 224 g/mol. The Balaban J connectivity index is 2.79. The van der Waals surface area contributed by atoms with Gasteiger partial charge in [-0.05, 0) is 26.2 Å². The molecule has 1 rings (SSSR count). The van der Waals surface area contributed by atoms with E-state index in [2.05, 4.69) is 11.2 Å². The molecule has 1 aliphatic heterocycles. The lowest BCUT2D eigenvalue weighted by Crippen LogP contribution is -2.60. The van der Waals surface area contributed by atoms with E-state index in [0.29, 0.717) is 13.0 Å². The van der Waals surface area contributed by atoms with Gasteiger partial charge in [0.25, 0.3) is 0 Å². The van der Waals surface area contributed by atoms with Crippen LogP contribution in [0.5, 0.6) is 0 Å². The number of amides is 2. The first-order chi connectivity index (χ1) is 7.52. The maximum atomic E-state index is 11.7. The SMILES string of the molecule is C#CCNC(=O)N1CCCCC1(C)C(=O)O. The molecule has 2 N–H and O–H groups in total. The van der Waals surface area contributed by atoms with Crippen molar-refractivity contribution in [2.45, 2.75) is 31.7 Å². The fourth-order valence-electron chi connectivity index (χ4n) is 1.89. The fourth-order valence-corrected chi connectivity index (χ4v) is 1.89. The van der Waals surface area contributed by atoms with Crippen LogP contribution < -0.4 is 5.32 Å². The van der Waals surface area contributed by atoms with E-state index < -0.39 is 17.5 Å². The monoisotopic (exact) mass is 224 g/mol. The molecule has 0 bridgehead atoms. The molecule has 1 fully saturated rings. The molecule has 1 atom stereocenters. The van der Waals surface area contributed by atoms with Crippen LogP contribution in [-0.2, 0) is 4.79 Å².